The highest BCUT2D eigenvalue weighted by atomic mass is 79.9. The zero-order valence-corrected chi connectivity index (χ0v) is 14.1. The van der Waals surface area contributed by atoms with Crippen LogP contribution in [-0.4, -0.2) is 41.6 Å². The molecule has 2 N–H and O–H groups in total. The highest BCUT2D eigenvalue weighted by Crippen LogP contribution is 2.32. The van der Waals surface area contributed by atoms with Gasteiger partial charge < -0.3 is 10.6 Å². The predicted molar refractivity (Wildman–Crippen MR) is 91.4 cm³/mol. The van der Waals surface area contributed by atoms with Gasteiger partial charge in [-0.2, -0.15) is 0 Å². The van der Waals surface area contributed by atoms with E-state index in [0.717, 1.165) is 23.1 Å². The Balaban J connectivity index is 1.95. The third-order valence-electron chi connectivity index (χ3n) is 4.47. The number of anilines is 1. The summed E-state index contributed by atoms with van der Waals surface area (Å²) in [5.41, 5.74) is 8.06. The maximum Gasteiger partial charge on any atom is 0.106 e. The third kappa shape index (κ3) is 2.59. The minimum atomic E-state index is 0.480. The maximum absolute atomic E-state index is 5.90. The zero-order chi connectivity index (χ0) is 14.3. The molecule has 0 aliphatic carbocycles. The van der Waals surface area contributed by atoms with Crippen LogP contribution >= 0.6 is 28.1 Å². The molecule has 1 aromatic carbocycles. The van der Waals surface area contributed by atoms with E-state index in [4.69, 9.17) is 18.0 Å². The molecule has 2 aliphatic rings. The Morgan fingerprint density at radius 1 is 1.40 bits per heavy atom. The van der Waals surface area contributed by atoms with Gasteiger partial charge in [-0.1, -0.05) is 28.1 Å². The molecule has 2 atom stereocenters. The molecule has 0 spiro atoms. The van der Waals surface area contributed by atoms with Crippen molar-refractivity contribution < 1.29 is 0 Å². The first-order chi connectivity index (χ1) is 9.56. The summed E-state index contributed by atoms with van der Waals surface area (Å²) in [7, 11) is 0. The number of nitrogens with two attached hydrogens (primary N) is 1. The molecule has 0 radical (unpaired) electrons. The molecule has 2 saturated heterocycles. The molecule has 0 bridgehead atoms. The number of hydrogen-bond acceptors (Lipinski definition) is 3. The topological polar surface area (TPSA) is 32.5 Å². The summed E-state index contributed by atoms with van der Waals surface area (Å²) in [4.78, 5) is 5.58. The number of piperazine rings is 1. The molecule has 0 amide bonds. The van der Waals surface area contributed by atoms with Gasteiger partial charge in [0.2, 0.25) is 0 Å². The maximum atomic E-state index is 5.90. The van der Waals surface area contributed by atoms with Gasteiger partial charge in [0.05, 0.1) is 0 Å². The van der Waals surface area contributed by atoms with Crippen LogP contribution in [0.15, 0.2) is 22.7 Å². The summed E-state index contributed by atoms with van der Waals surface area (Å²) in [6.07, 6.45) is 2.63. The summed E-state index contributed by atoms with van der Waals surface area (Å²) in [5, 5.41) is 0. The molecule has 20 heavy (non-hydrogen) atoms. The molecule has 2 heterocycles. The second kappa shape index (κ2) is 5.62. The van der Waals surface area contributed by atoms with Gasteiger partial charge in [0, 0.05) is 40.9 Å². The van der Waals surface area contributed by atoms with E-state index < -0.39 is 0 Å². The first-order valence-electron chi connectivity index (χ1n) is 7.16. The molecule has 5 heteroatoms. The van der Waals surface area contributed by atoms with Crippen molar-refractivity contribution in [3.8, 4) is 0 Å². The molecule has 2 fully saturated rings. The summed E-state index contributed by atoms with van der Waals surface area (Å²) in [6, 6.07) is 7.36. The molecule has 1 aromatic rings. The van der Waals surface area contributed by atoms with E-state index in [0.29, 0.717) is 17.1 Å². The smallest absolute Gasteiger partial charge is 0.106 e. The van der Waals surface area contributed by atoms with Crippen molar-refractivity contribution in [2.45, 2.75) is 31.8 Å². The number of hydrogen-bond donors (Lipinski definition) is 1. The van der Waals surface area contributed by atoms with Gasteiger partial charge in [-0.3, -0.25) is 4.90 Å². The second-order valence-corrected chi connectivity index (χ2v) is 7.17. The molecule has 0 saturated carbocycles. The number of halogens is 1. The van der Waals surface area contributed by atoms with Gasteiger partial charge in [0.1, 0.15) is 4.99 Å². The number of rotatable bonds is 2. The van der Waals surface area contributed by atoms with Gasteiger partial charge in [-0.15, -0.1) is 0 Å². The Hall–Kier alpha value is -0.650. The van der Waals surface area contributed by atoms with Crippen molar-refractivity contribution in [3.63, 3.8) is 0 Å². The quantitative estimate of drug-likeness (QED) is 0.828. The normalized spacial score (nSPS) is 26.6. The molecular formula is C15H20BrN3S. The van der Waals surface area contributed by atoms with Crippen LogP contribution in [0, 0.1) is 0 Å². The van der Waals surface area contributed by atoms with E-state index in [1.165, 1.54) is 25.1 Å². The molecule has 3 nitrogen and oxygen atoms in total. The van der Waals surface area contributed by atoms with Gasteiger partial charge in [0.25, 0.3) is 0 Å². The number of fused-ring (bicyclic) bond motifs is 1. The lowest BCUT2D eigenvalue weighted by molar-refractivity contribution is 0.203. The Morgan fingerprint density at radius 3 is 2.95 bits per heavy atom. The van der Waals surface area contributed by atoms with Crippen molar-refractivity contribution in [1.29, 1.82) is 0 Å². The molecule has 2 unspecified atom stereocenters. The molecule has 0 aromatic heterocycles. The lowest BCUT2D eigenvalue weighted by Crippen LogP contribution is -2.55. The minimum Gasteiger partial charge on any atom is -0.389 e. The standard InChI is InChI=1S/C15H20BrN3S/c1-10-8-18-6-2-3-12(18)9-19(10)14-7-11(16)4-5-13(14)15(17)20/h4-5,7,10,12H,2-3,6,8-9H2,1H3,(H2,17,20). The molecule has 108 valence electrons. The highest BCUT2D eigenvalue weighted by Gasteiger charge is 2.35. The van der Waals surface area contributed by atoms with Gasteiger partial charge in [-0.25, -0.2) is 0 Å². The Morgan fingerprint density at radius 2 is 2.20 bits per heavy atom. The average Bonchev–Trinajstić information content (AvgIpc) is 2.84. The van der Waals surface area contributed by atoms with Crippen molar-refractivity contribution in [2.75, 3.05) is 24.5 Å². The summed E-state index contributed by atoms with van der Waals surface area (Å²) in [5.74, 6) is 0. The van der Waals surface area contributed by atoms with Crippen LogP contribution in [0.25, 0.3) is 0 Å². The third-order valence-corrected chi connectivity index (χ3v) is 5.19. The minimum absolute atomic E-state index is 0.480. The fraction of sp³-hybridized carbons (Fsp3) is 0.533. The van der Waals surface area contributed by atoms with Crippen LogP contribution in [0.4, 0.5) is 5.69 Å². The summed E-state index contributed by atoms with van der Waals surface area (Å²) < 4.78 is 1.08. The Kier molecular flexibility index (Phi) is 4.02. The second-order valence-electron chi connectivity index (χ2n) is 5.82. The fourth-order valence-electron chi connectivity index (χ4n) is 3.47. The molecule has 3 rings (SSSR count). The lowest BCUT2D eigenvalue weighted by Gasteiger charge is -2.44. The van der Waals surface area contributed by atoms with E-state index in [2.05, 4.69) is 38.7 Å². The van der Waals surface area contributed by atoms with Gasteiger partial charge in [-0.05, 0) is 44.5 Å². The van der Waals surface area contributed by atoms with E-state index in [-0.39, 0.29) is 0 Å². The fourth-order valence-corrected chi connectivity index (χ4v) is 4.00. The van der Waals surface area contributed by atoms with E-state index in [1.807, 2.05) is 12.1 Å². The zero-order valence-electron chi connectivity index (χ0n) is 11.7. The van der Waals surface area contributed by atoms with Crippen LogP contribution in [0.1, 0.15) is 25.3 Å². The molecular weight excluding hydrogens is 334 g/mol. The highest BCUT2D eigenvalue weighted by molar-refractivity contribution is 9.10. The summed E-state index contributed by atoms with van der Waals surface area (Å²) >= 11 is 8.79. The van der Waals surface area contributed by atoms with E-state index >= 15 is 0 Å². The monoisotopic (exact) mass is 353 g/mol. The number of thiocarbonyl (C=S) groups is 1. The van der Waals surface area contributed by atoms with Crippen LogP contribution in [-0.2, 0) is 0 Å². The van der Waals surface area contributed by atoms with Crippen LogP contribution in [0.2, 0.25) is 0 Å². The van der Waals surface area contributed by atoms with Crippen molar-refractivity contribution in [3.05, 3.63) is 28.2 Å². The van der Waals surface area contributed by atoms with E-state index in [1.54, 1.807) is 0 Å². The van der Waals surface area contributed by atoms with Crippen molar-refractivity contribution in [1.82, 2.24) is 4.90 Å². The van der Waals surface area contributed by atoms with E-state index in [9.17, 15) is 0 Å². The van der Waals surface area contributed by atoms with Crippen LogP contribution in [0.3, 0.4) is 0 Å². The lowest BCUT2D eigenvalue weighted by atomic mass is 10.0. The van der Waals surface area contributed by atoms with Crippen LogP contribution in [0.5, 0.6) is 0 Å². The van der Waals surface area contributed by atoms with Gasteiger partial charge in [0.15, 0.2) is 0 Å². The number of benzene rings is 1. The van der Waals surface area contributed by atoms with Crippen molar-refractivity contribution in [2.24, 2.45) is 5.73 Å². The van der Waals surface area contributed by atoms with Crippen molar-refractivity contribution >= 4 is 38.8 Å². The first-order valence-corrected chi connectivity index (χ1v) is 8.36. The Bertz CT molecular complexity index is 534. The average molecular weight is 354 g/mol. The molecule has 2 aliphatic heterocycles. The Labute approximate surface area is 134 Å². The number of nitrogens with zero attached hydrogens (tertiary/aromatic N) is 2. The predicted octanol–water partition coefficient (Wildman–Crippen LogP) is 2.76. The SMILES string of the molecule is CC1CN2CCCC2CN1c1cc(Br)ccc1C(N)=S. The largest absolute Gasteiger partial charge is 0.389 e. The summed E-state index contributed by atoms with van der Waals surface area (Å²) in [6.45, 7) is 5.75. The first kappa shape index (κ1) is 14.3. The van der Waals surface area contributed by atoms with Crippen LogP contribution < -0.4 is 10.6 Å². The van der Waals surface area contributed by atoms with Gasteiger partial charge >= 0.3 is 0 Å².